The zero-order valence-corrected chi connectivity index (χ0v) is 29.8. The minimum atomic E-state index is -0.369. The van der Waals surface area contributed by atoms with Gasteiger partial charge in [0.05, 0.1) is 12.2 Å². The van der Waals surface area contributed by atoms with Gasteiger partial charge in [-0.2, -0.15) is 0 Å². The van der Waals surface area contributed by atoms with Crippen molar-refractivity contribution in [2.45, 2.75) is 138 Å². The summed E-state index contributed by atoms with van der Waals surface area (Å²) >= 11 is 19.9. The van der Waals surface area contributed by atoms with Crippen molar-refractivity contribution in [3.8, 4) is 23.0 Å². The van der Waals surface area contributed by atoms with E-state index in [0.29, 0.717) is 36.0 Å². The van der Waals surface area contributed by atoms with E-state index in [1.54, 1.807) is 38.5 Å². The third-order valence-electron chi connectivity index (χ3n) is 8.63. The van der Waals surface area contributed by atoms with Crippen molar-refractivity contribution in [3.05, 3.63) is 47.0 Å². The van der Waals surface area contributed by atoms with Crippen LogP contribution in [0.4, 0.5) is 0 Å². The molecule has 0 spiro atoms. The van der Waals surface area contributed by atoms with Crippen LogP contribution in [-0.4, -0.2) is 50.8 Å². The summed E-state index contributed by atoms with van der Waals surface area (Å²) in [5.74, 6) is 0.0681. The first-order valence-electron chi connectivity index (χ1n) is 16.6. The van der Waals surface area contributed by atoms with Crippen molar-refractivity contribution in [1.29, 1.82) is 0 Å². The summed E-state index contributed by atoms with van der Waals surface area (Å²) in [6.07, 6.45) is 11.5. The quantitative estimate of drug-likeness (QED) is 0.0867. The number of phenolic OH excluding ortho intramolecular Hbond substituents is 4. The van der Waals surface area contributed by atoms with Gasteiger partial charge in [0, 0.05) is 42.0 Å². The third kappa shape index (κ3) is 14.0. The molecule has 0 aromatic heterocycles. The number of hydrogen-bond donors (Lipinski definition) is 4. The number of benzene rings is 2. The molecule has 0 aliphatic carbocycles. The van der Waals surface area contributed by atoms with Gasteiger partial charge in [-0.05, 0) is 92.7 Å². The fourth-order valence-electron chi connectivity index (χ4n) is 6.09. The van der Waals surface area contributed by atoms with E-state index in [-0.39, 0.29) is 57.3 Å². The Kier molecular flexibility index (Phi) is 18.8. The molecule has 0 saturated carbocycles. The van der Waals surface area contributed by atoms with Crippen LogP contribution < -0.4 is 0 Å². The molecular formula is C36H55Cl3O6. The van der Waals surface area contributed by atoms with Crippen LogP contribution in [0.3, 0.4) is 0 Å². The predicted octanol–water partition coefficient (Wildman–Crippen LogP) is 11.0. The Balaban J connectivity index is 2.03. The molecule has 6 atom stereocenters. The highest BCUT2D eigenvalue weighted by atomic mass is 35.5. The summed E-state index contributed by atoms with van der Waals surface area (Å²) in [6.45, 7) is 4.30. The number of halogens is 3. The van der Waals surface area contributed by atoms with Crippen LogP contribution in [0.1, 0.15) is 139 Å². The molecule has 0 bridgehead atoms. The predicted molar refractivity (Wildman–Crippen MR) is 187 cm³/mol. The number of phenols is 4. The van der Waals surface area contributed by atoms with Gasteiger partial charge in [-0.3, -0.25) is 0 Å². The Morgan fingerprint density at radius 1 is 0.556 bits per heavy atom. The normalized spacial score (nSPS) is 15.8. The minimum Gasteiger partial charge on any atom is -0.508 e. The lowest BCUT2D eigenvalue weighted by atomic mass is 9.86. The summed E-state index contributed by atoms with van der Waals surface area (Å²) in [7, 11) is 3.21. The molecule has 0 fully saturated rings. The number of ether oxygens (including phenoxy) is 2. The molecule has 0 unspecified atom stereocenters. The number of alkyl halides is 3. The highest BCUT2D eigenvalue weighted by molar-refractivity contribution is 6.21. The van der Waals surface area contributed by atoms with E-state index in [9.17, 15) is 20.4 Å². The number of unbranched alkanes of at least 4 members (excludes halogenated alkanes) is 2. The molecule has 2 aromatic rings. The lowest BCUT2D eigenvalue weighted by Crippen LogP contribution is -2.11. The number of methoxy groups -OCH3 is 2. The van der Waals surface area contributed by atoms with Crippen LogP contribution in [0.2, 0.25) is 0 Å². The summed E-state index contributed by atoms with van der Waals surface area (Å²) < 4.78 is 11.4. The molecular weight excluding hydrogens is 635 g/mol. The van der Waals surface area contributed by atoms with Crippen molar-refractivity contribution < 1.29 is 29.9 Å². The molecule has 2 aromatic carbocycles. The van der Waals surface area contributed by atoms with Crippen LogP contribution in [-0.2, 0) is 9.47 Å². The van der Waals surface area contributed by atoms with Gasteiger partial charge in [-0.1, -0.05) is 52.4 Å². The maximum absolute atomic E-state index is 11.2. The molecule has 0 aliphatic heterocycles. The van der Waals surface area contributed by atoms with Gasteiger partial charge in [0.25, 0.3) is 0 Å². The van der Waals surface area contributed by atoms with Crippen LogP contribution in [0.25, 0.3) is 0 Å². The van der Waals surface area contributed by atoms with Gasteiger partial charge < -0.3 is 29.9 Å². The first-order valence-corrected chi connectivity index (χ1v) is 17.9. The minimum absolute atomic E-state index is 0.0258. The lowest BCUT2D eigenvalue weighted by molar-refractivity contribution is 0.0934. The summed E-state index contributed by atoms with van der Waals surface area (Å²) in [4.78, 5) is 0. The average molecular weight is 690 g/mol. The van der Waals surface area contributed by atoms with Gasteiger partial charge in [0.2, 0.25) is 0 Å². The fourth-order valence-corrected chi connectivity index (χ4v) is 7.03. The van der Waals surface area contributed by atoms with Crippen LogP contribution in [0.5, 0.6) is 23.0 Å². The van der Waals surface area contributed by atoms with Gasteiger partial charge in [-0.25, -0.2) is 0 Å². The average Bonchev–Trinajstić information content (AvgIpc) is 2.98. The third-order valence-corrected chi connectivity index (χ3v) is 9.85. The van der Waals surface area contributed by atoms with E-state index in [2.05, 4.69) is 13.8 Å². The number of aromatic hydroxyl groups is 4. The maximum Gasteiger partial charge on any atom is 0.123 e. The molecule has 45 heavy (non-hydrogen) atoms. The highest BCUT2D eigenvalue weighted by Crippen LogP contribution is 2.43. The Labute approximate surface area is 286 Å². The Morgan fingerprint density at radius 3 is 1.44 bits per heavy atom. The molecule has 0 aliphatic rings. The zero-order chi connectivity index (χ0) is 33.4. The van der Waals surface area contributed by atoms with E-state index in [1.165, 1.54) is 6.07 Å². The topological polar surface area (TPSA) is 99.4 Å². The molecule has 0 heterocycles. The van der Waals surface area contributed by atoms with Gasteiger partial charge >= 0.3 is 0 Å². The van der Waals surface area contributed by atoms with Crippen LogP contribution >= 0.6 is 34.8 Å². The molecule has 2 rings (SSSR count). The molecule has 0 saturated heterocycles. The maximum atomic E-state index is 11.2. The fraction of sp³-hybridized carbons (Fsp3) is 0.667. The molecule has 4 N–H and O–H groups in total. The SMILES string of the molecule is CCCC[C@@H](Cl)CCC[C@@H](Cl)C[C@@H](OC)c1cc(O)c([C@@H](CCCC)CCC[C@@H](Cl)C[C@@H](OC)c2cc(O)cc(O)c2)c(O)c1. The largest absolute Gasteiger partial charge is 0.508 e. The molecule has 256 valence electrons. The van der Waals surface area contributed by atoms with Crippen molar-refractivity contribution in [2.24, 2.45) is 0 Å². The van der Waals surface area contributed by atoms with Crippen molar-refractivity contribution >= 4 is 34.8 Å². The second kappa shape index (κ2) is 21.3. The van der Waals surface area contributed by atoms with Crippen molar-refractivity contribution in [2.75, 3.05) is 14.2 Å². The highest BCUT2D eigenvalue weighted by Gasteiger charge is 2.25. The number of hydrogen-bond acceptors (Lipinski definition) is 6. The first kappa shape index (κ1) is 39.6. The monoisotopic (exact) mass is 688 g/mol. The van der Waals surface area contributed by atoms with E-state index in [0.717, 1.165) is 70.6 Å². The van der Waals surface area contributed by atoms with E-state index in [4.69, 9.17) is 44.3 Å². The van der Waals surface area contributed by atoms with Crippen LogP contribution in [0, 0.1) is 0 Å². The zero-order valence-electron chi connectivity index (χ0n) is 27.5. The van der Waals surface area contributed by atoms with E-state index in [1.807, 2.05) is 0 Å². The molecule has 9 heteroatoms. The van der Waals surface area contributed by atoms with E-state index < -0.39 is 0 Å². The van der Waals surface area contributed by atoms with Gasteiger partial charge in [-0.15, -0.1) is 34.8 Å². The van der Waals surface area contributed by atoms with Gasteiger partial charge in [0.1, 0.15) is 23.0 Å². The molecule has 0 amide bonds. The summed E-state index contributed by atoms with van der Waals surface area (Å²) in [6, 6.07) is 7.84. The van der Waals surface area contributed by atoms with Crippen LogP contribution in [0.15, 0.2) is 30.3 Å². The number of rotatable bonds is 23. The first-order chi connectivity index (χ1) is 21.5. The standard InChI is InChI=1S/C36H55Cl3O6/c1-5-7-11-24(12-9-15-28(38)21-34(44-3)25-17-30(40)23-31(41)18-25)36-32(42)19-26(20-33(36)43)35(45-4)22-29(39)16-10-14-27(37)13-8-6-2/h17-20,23-24,27-29,34-35,40-43H,5-16,21-22H2,1-4H3/t24-,27+,28+,29+,34+,35+/m0/s1. The Morgan fingerprint density at radius 2 is 0.956 bits per heavy atom. The molecule has 0 radical (unpaired) electrons. The Bertz CT molecular complexity index is 1070. The summed E-state index contributed by atoms with van der Waals surface area (Å²) in [5, 5.41) is 42.0. The Hall–Kier alpha value is -1.57. The van der Waals surface area contributed by atoms with Crippen molar-refractivity contribution in [3.63, 3.8) is 0 Å². The van der Waals surface area contributed by atoms with Crippen molar-refractivity contribution in [1.82, 2.24) is 0 Å². The summed E-state index contributed by atoms with van der Waals surface area (Å²) in [5.41, 5.74) is 1.94. The molecule has 6 nitrogen and oxygen atoms in total. The second-order valence-corrected chi connectivity index (χ2v) is 14.2. The smallest absolute Gasteiger partial charge is 0.123 e. The van der Waals surface area contributed by atoms with Gasteiger partial charge in [0.15, 0.2) is 0 Å². The lowest BCUT2D eigenvalue weighted by Gasteiger charge is -2.24. The van der Waals surface area contributed by atoms with E-state index >= 15 is 0 Å². The second-order valence-electron chi connectivity index (χ2n) is 12.3.